The van der Waals surface area contributed by atoms with Crippen LogP contribution >= 0.6 is 11.6 Å². The molecule has 0 fully saturated rings. The van der Waals surface area contributed by atoms with Crippen molar-refractivity contribution in [3.05, 3.63) is 0 Å². The summed E-state index contributed by atoms with van der Waals surface area (Å²) in [5.74, 6) is -0.346. The summed E-state index contributed by atoms with van der Waals surface area (Å²) in [6.07, 6.45) is 2.53. The van der Waals surface area contributed by atoms with Gasteiger partial charge in [-0.3, -0.25) is 4.79 Å². The van der Waals surface area contributed by atoms with E-state index in [1.54, 1.807) is 0 Å². The van der Waals surface area contributed by atoms with Gasteiger partial charge >= 0.3 is 0 Å². The average molecular weight is 131 g/mol. The van der Waals surface area contributed by atoms with Gasteiger partial charge in [-0.25, -0.2) is 9.98 Å². The predicted molar refractivity (Wildman–Crippen MR) is 31.6 cm³/mol. The highest BCUT2D eigenvalue weighted by Gasteiger charge is 2.11. The first-order valence-electron chi connectivity index (χ1n) is 2.04. The van der Waals surface area contributed by atoms with Crippen molar-refractivity contribution in [2.45, 2.75) is 5.38 Å². The number of amides is 1. The van der Waals surface area contributed by atoms with Crippen LogP contribution < -0.4 is 0 Å². The number of hydrogen-bond acceptors (Lipinski definition) is 2. The molecule has 0 saturated heterocycles. The Morgan fingerprint density at radius 1 is 1.75 bits per heavy atom. The Morgan fingerprint density at radius 2 is 2.50 bits per heavy atom. The van der Waals surface area contributed by atoms with Gasteiger partial charge in [-0.05, 0) is 0 Å². The molecule has 3 nitrogen and oxygen atoms in total. The highest BCUT2D eigenvalue weighted by Crippen LogP contribution is 1.97. The number of aliphatic imine (C=N–C) groups is 2. The minimum Gasteiger partial charge on any atom is -0.270 e. The third-order valence-corrected chi connectivity index (χ3v) is 1.00. The molecule has 0 N–H and O–H groups in total. The van der Waals surface area contributed by atoms with Crippen molar-refractivity contribution in [2.75, 3.05) is 0 Å². The number of hydrogen-bond donors (Lipinski definition) is 0. The molecule has 8 heavy (non-hydrogen) atoms. The minimum atomic E-state index is -0.653. The van der Waals surface area contributed by atoms with E-state index in [0.717, 1.165) is 0 Å². The van der Waals surface area contributed by atoms with Crippen LogP contribution in [0.15, 0.2) is 9.98 Å². The molecule has 0 aliphatic carbocycles. The quantitative estimate of drug-likeness (QED) is 0.433. The lowest BCUT2D eigenvalue weighted by molar-refractivity contribution is -0.116. The van der Waals surface area contributed by atoms with E-state index < -0.39 is 5.38 Å². The van der Waals surface area contributed by atoms with Crippen LogP contribution in [0.2, 0.25) is 0 Å². The van der Waals surface area contributed by atoms with Crippen molar-refractivity contribution >= 4 is 30.1 Å². The number of nitrogens with zero attached hydrogens (tertiary/aromatic N) is 2. The first-order valence-corrected chi connectivity index (χ1v) is 2.48. The van der Waals surface area contributed by atoms with Gasteiger partial charge in [-0.2, -0.15) is 0 Å². The summed E-state index contributed by atoms with van der Waals surface area (Å²) in [4.78, 5) is 17.2. The largest absolute Gasteiger partial charge is 0.270 e. The van der Waals surface area contributed by atoms with Crippen LogP contribution in [-0.4, -0.2) is 23.8 Å². The van der Waals surface area contributed by atoms with Crippen LogP contribution in [0.1, 0.15) is 0 Å². The maximum absolute atomic E-state index is 10.4. The number of rotatable bonds is 0. The van der Waals surface area contributed by atoms with Crippen molar-refractivity contribution < 1.29 is 4.79 Å². The number of carbonyl (C=O) groups excluding carboxylic acids is 1. The van der Waals surface area contributed by atoms with Gasteiger partial charge in [-0.1, -0.05) is 0 Å². The van der Waals surface area contributed by atoms with E-state index in [1.807, 2.05) is 0 Å². The van der Waals surface area contributed by atoms with Crippen molar-refractivity contribution in [3.63, 3.8) is 0 Å². The molecule has 0 spiro atoms. The van der Waals surface area contributed by atoms with Crippen LogP contribution in [0.5, 0.6) is 0 Å². The molecule has 0 radical (unpaired) electrons. The average Bonchev–Trinajstić information content (AvgIpc) is 1.77. The first-order chi connectivity index (χ1) is 3.80. The second kappa shape index (κ2) is 2.05. The Labute approximate surface area is 51.1 Å². The van der Waals surface area contributed by atoms with Gasteiger partial charge in [0.1, 0.15) is 11.7 Å². The number of halogens is 1. The monoisotopic (exact) mass is 130 g/mol. The van der Waals surface area contributed by atoms with Crippen LogP contribution in [0.3, 0.4) is 0 Å². The lowest BCUT2D eigenvalue weighted by Crippen LogP contribution is -2.16. The fourth-order valence-corrected chi connectivity index (χ4v) is 0.461. The number of alkyl halides is 1. The van der Waals surface area contributed by atoms with Gasteiger partial charge in [0.05, 0.1) is 0 Å². The smallest absolute Gasteiger partial charge is 0.270 e. The summed E-state index contributed by atoms with van der Waals surface area (Å²) >= 11 is 5.35. The summed E-state index contributed by atoms with van der Waals surface area (Å²) in [6.45, 7) is 0. The maximum atomic E-state index is 10.4. The first kappa shape index (κ1) is 5.44. The molecule has 1 heterocycles. The van der Waals surface area contributed by atoms with Crippen molar-refractivity contribution in [2.24, 2.45) is 9.98 Å². The van der Waals surface area contributed by atoms with Crippen LogP contribution in [0.25, 0.3) is 0 Å². The third-order valence-electron chi connectivity index (χ3n) is 0.705. The molecule has 42 valence electrons. The van der Waals surface area contributed by atoms with E-state index in [0.29, 0.717) is 0 Å². The van der Waals surface area contributed by atoms with Gasteiger partial charge in [0.15, 0.2) is 0 Å². The van der Waals surface area contributed by atoms with Crippen LogP contribution in [-0.2, 0) is 4.79 Å². The zero-order chi connectivity index (χ0) is 5.98. The molecule has 1 aliphatic heterocycles. The molecule has 0 bridgehead atoms. The molecule has 1 atom stereocenters. The summed E-state index contributed by atoms with van der Waals surface area (Å²) in [5, 5.41) is -0.653. The van der Waals surface area contributed by atoms with Gasteiger partial charge in [0.2, 0.25) is 0 Å². The van der Waals surface area contributed by atoms with Gasteiger partial charge in [0, 0.05) is 6.21 Å². The fourth-order valence-electron chi connectivity index (χ4n) is 0.339. The second-order valence-electron chi connectivity index (χ2n) is 1.28. The molecule has 1 amide bonds. The summed E-state index contributed by atoms with van der Waals surface area (Å²) in [7, 11) is 0. The Morgan fingerprint density at radius 3 is 2.88 bits per heavy atom. The van der Waals surface area contributed by atoms with Crippen molar-refractivity contribution in [1.82, 2.24) is 0 Å². The Hall–Kier alpha value is -0.700. The normalized spacial score (nSPS) is 26.6. The molecule has 4 heteroatoms. The summed E-state index contributed by atoms with van der Waals surface area (Å²) in [6, 6.07) is 0. The standard InChI is InChI=1S/C4H3ClN2O/c5-3-1-6-2-7-4(3)8/h1-3H. The lowest BCUT2D eigenvalue weighted by atomic mass is 10.4. The summed E-state index contributed by atoms with van der Waals surface area (Å²) < 4.78 is 0. The molecule has 0 aromatic heterocycles. The Kier molecular flexibility index (Phi) is 1.39. The highest BCUT2D eigenvalue weighted by atomic mass is 35.5. The van der Waals surface area contributed by atoms with E-state index >= 15 is 0 Å². The SMILES string of the molecule is O=C1N=CN=CC1Cl. The molecule has 0 aromatic rings. The lowest BCUT2D eigenvalue weighted by Gasteiger charge is -1.97. The van der Waals surface area contributed by atoms with Gasteiger partial charge in [-0.15, -0.1) is 11.6 Å². The molecule has 0 saturated carbocycles. The molecule has 1 unspecified atom stereocenters. The minimum absolute atomic E-state index is 0.346. The van der Waals surface area contributed by atoms with Crippen LogP contribution in [0, 0.1) is 0 Å². The highest BCUT2D eigenvalue weighted by molar-refractivity contribution is 6.40. The van der Waals surface area contributed by atoms with Crippen LogP contribution in [0.4, 0.5) is 0 Å². The molecule has 1 aliphatic rings. The fraction of sp³-hybridized carbons (Fsp3) is 0.250. The summed E-state index contributed by atoms with van der Waals surface area (Å²) in [5.41, 5.74) is 0. The second-order valence-corrected chi connectivity index (χ2v) is 1.75. The third kappa shape index (κ3) is 0.924. The Balaban J connectivity index is 2.74. The van der Waals surface area contributed by atoms with Gasteiger partial charge in [0.25, 0.3) is 5.91 Å². The van der Waals surface area contributed by atoms with E-state index in [-0.39, 0.29) is 5.91 Å². The molecule has 1 rings (SSSR count). The molecular formula is C4H3ClN2O. The van der Waals surface area contributed by atoms with E-state index in [2.05, 4.69) is 9.98 Å². The van der Waals surface area contributed by atoms with Gasteiger partial charge < -0.3 is 0 Å². The van der Waals surface area contributed by atoms with E-state index in [9.17, 15) is 4.79 Å². The number of carbonyl (C=O) groups is 1. The predicted octanol–water partition coefficient (Wildman–Crippen LogP) is 0.233. The zero-order valence-electron chi connectivity index (χ0n) is 3.91. The Bertz CT molecular complexity index is 163. The zero-order valence-corrected chi connectivity index (χ0v) is 4.67. The maximum Gasteiger partial charge on any atom is 0.270 e. The topological polar surface area (TPSA) is 41.8 Å². The van der Waals surface area contributed by atoms with E-state index in [1.165, 1.54) is 12.6 Å². The van der Waals surface area contributed by atoms with Crippen molar-refractivity contribution in [3.8, 4) is 0 Å². The van der Waals surface area contributed by atoms with Crippen molar-refractivity contribution in [1.29, 1.82) is 0 Å². The van der Waals surface area contributed by atoms with E-state index in [4.69, 9.17) is 11.6 Å². The molecular weight excluding hydrogens is 128 g/mol. The molecule has 0 aromatic carbocycles.